The minimum atomic E-state index is -0.316. The average Bonchev–Trinajstić information content (AvgIpc) is 3.13. The van der Waals surface area contributed by atoms with Crippen molar-refractivity contribution in [3.05, 3.63) is 34.1 Å². The Morgan fingerprint density at radius 2 is 2.28 bits per heavy atom. The second-order valence-electron chi connectivity index (χ2n) is 4.62. The third-order valence-corrected chi connectivity index (χ3v) is 3.42. The summed E-state index contributed by atoms with van der Waals surface area (Å²) in [7, 11) is 0. The van der Waals surface area contributed by atoms with E-state index in [1.165, 1.54) is 6.07 Å². The van der Waals surface area contributed by atoms with Gasteiger partial charge in [-0.1, -0.05) is 15.9 Å². The highest BCUT2D eigenvalue weighted by atomic mass is 79.9. The summed E-state index contributed by atoms with van der Waals surface area (Å²) in [5.41, 5.74) is 0.551. The second kappa shape index (κ2) is 5.80. The van der Waals surface area contributed by atoms with E-state index in [-0.39, 0.29) is 17.8 Å². The second-order valence-corrected chi connectivity index (χ2v) is 5.54. The summed E-state index contributed by atoms with van der Waals surface area (Å²) in [4.78, 5) is 11.7. The first-order chi connectivity index (χ1) is 8.56. The molecule has 1 amide bonds. The largest absolute Gasteiger partial charge is 0.352 e. The number of hydrogen-bond donors (Lipinski definition) is 2. The van der Waals surface area contributed by atoms with Crippen molar-refractivity contribution in [3.8, 4) is 0 Å². The molecular formula is C13H16BrFN2O. The first-order valence-corrected chi connectivity index (χ1v) is 6.83. The number of hydrogen-bond acceptors (Lipinski definition) is 2. The molecule has 0 aromatic heterocycles. The maximum Gasteiger partial charge on any atom is 0.237 e. The fourth-order valence-electron chi connectivity index (χ4n) is 1.59. The Bertz CT molecular complexity index is 449. The predicted octanol–water partition coefficient (Wildman–Crippen LogP) is 2.34. The minimum absolute atomic E-state index is 0.0205. The fourth-order valence-corrected chi connectivity index (χ4v) is 2.00. The number of amides is 1. The van der Waals surface area contributed by atoms with Crippen molar-refractivity contribution < 1.29 is 9.18 Å². The van der Waals surface area contributed by atoms with Crippen LogP contribution in [0.25, 0.3) is 0 Å². The van der Waals surface area contributed by atoms with Crippen molar-refractivity contribution in [1.29, 1.82) is 0 Å². The van der Waals surface area contributed by atoms with Crippen LogP contribution in [0.4, 0.5) is 4.39 Å². The van der Waals surface area contributed by atoms with Gasteiger partial charge in [0.25, 0.3) is 0 Å². The quantitative estimate of drug-likeness (QED) is 0.876. The van der Waals surface area contributed by atoms with Crippen molar-refractivity contribution in [1.82, 2.24) is 10.6 Å². The van der Waals surface area contributed by atoms with E-state index in [9.17, 15) is 9.18 Å². The summed E-state index contributed by atoms with van der Waals surface area (Å²) < 4.78 is 14.3. The smallest absolute Gasteiger partial charge is 0.237 e. The van der Waals surface area contributed by atoms with Crippen molar-refractivity contribution in [2.75, 3.05) is 0 Å². The van der Waals surface area contributed by atoms with Gasteiger partial charge in [-0.2, -0.15) is 0 Å². The number of carbonyl (C=O) groups excluding carboxylic acids is 1. The zero-order valence-corrected chi connectivity index (χ0v) is 11.8. The molecule has 18 heavy (non-hydrogen) atoms. The molecule has 0 spiro atoms. The number of rotatable bonds is 5. The van der Waals surface area contributed by atoms with Crippen molar-refractivity contribution >= 4 is 21.8 Å². The van der Waals surface area contributed by atoms with E-state index < -0.39 is 0 Å². The van der Waals surface area contributed by atoms with Crippen LogP contribution in [-0.2, 0) is 11.3 Å². The number of nitrogens with one attached hydrogen (secondary N) is 2. The van der Waals surface area contributed by atoms with Crippen LogP contribution < -0.4 is 10.6 Å². The van der Waals surface area contributed by atoms with Gasteiger partial charge in [0.15, 0.2) is 0 Å². The standard InChI is InChI=1S/C13H16BrFN2O/c1-8(13(18)17-11-3-4-11)16-7-9-6-10(14)2-5-12(9)15/h2,5-6,8,11,16H,3-4,7H2,1H3,(H,17,18). The van der Waals surface area contributed by atoms with Gasteiger partial charge in [0.1, 0.15) is 5.82 Å². The number of carbonyl (C=O) groups is 1. The lowest BCUT2D eigenvalue weighted by molar-refractivity contribution is -0.122. The third-order valence-electron chi connectivity index (χ3n) is 2.92. The monoisotopic (exact) mass is 314 g/mol. The number of halogens is 2. The first kappa shape index (κ1) is 13.5. The van der Waals surface area contributed by atoms with E-state index in [4.69, 9.17) is 0 Å². The maximum atomic E-state index is 13.5. The van der Waals surface area contributed by atoms with E-state index in [0.717, 1.165) is 17.3 Å². The molecule has 2 rings (SSSR count). The highest BCUT2D eigenvalue weighted by Gasteiger charge is 2.25. The summed E-state index contributed by atoms with van der Waals surface area (Å²) in [5.74, 6) is -0.284. The lowest BCUT2D eigenvalue weighted by Gasteiger charge is -2.14. The molecule has 5 heteroatoms. The van der Waals surface area contributed by atoms with Crippen LogP contribution in [0.3, 0.4) is 0 Å². The molecule has 1 aromatic carbocycles. The molecule has 0 radical (unpaired) electrons. The molecular weight excluding hydrogens is 299 g/mol. The first-order valence-electron chi connectivity index (χ1n) is 6.04. The molecule has 1 fully saturated rings. The van der Waals surface area contributed by atoms with Gasteiger partial charge in [-0.25, -0.2) is 4.39 Å². The van der Waals surface area contributed by atoms with Crippen LogP contribution in [0.15, 0.2) is 22.7 Å². The van der Waals surface area contributed by atoms with Crippen molar-refractivity contribution in [2.24, 2.45) is 0 Å². The predicted molar refractivity (Wildman–Crippen MR) is 71.6 cm³/mol. The van der Waals surface area contributed by atoms with Crippen LogP contribution in [-0.4, -0.2) is 18.0 Å². The van der Waals surface area contributed by atoms with Gasteiger partial charge in [-0.3, -0.25) is 4.79 Å². The maximum absolute atomic E-state index is 13.5. The summed E-state index contributed by atoms with van der Waals surface area (Å²) >= 11 is 3.30. The minimum Gasteiger partial charge on any atom is -0.352 e. The molecule has 0 heterocycles. The van der Waals surface area contributed by atoms with Gasteiger partial charge in [0, 0.05) is 22.6 Å². The molecule has 0 aliphatic heterocycles. The Morgan fingerprint density at radius 1 is 1.56 bits per heavy atom. The molecule has 1 aromatic rings. The number of benzene rings is 1. The molecule has 1 aliphatic rings. The molecule has 2 N–H and O–H groups in total. The third kappa shape index (κ3) is 3.78. The van der Waals surface area contributed by atoms with Crippen LogP contribution in [0.5, 0.6) is 0 Å². The lowest BCUT2D eigenvalue weighted by Crippen LogP contribution is -2.42. The summed E-state index contributed by atoms with van der Waals surface area (Å²) in [6, 6.07) is 4.82. The molecule has 3 nitrogen and oxygen atoms in total. The summed E-state index contributed by atoms with van der Waals surface area (Å²) in [5, 5.41) is 5.94. The highest BCUT2D eigenvalue weighted by molar-refractivity contribution is 9.10. The normalized spacial score (nSPS) is 16.4. The molecule has 1 saturated carbocycles. The molecule has 98 valence electrons. The van der Waals surface area contributed by atoms with Crippen molar-refractivity contribution in [3.63, 3.8) is 0 Å². The van der Waals surface area contributed by atoms with E-state index in [2.05, 4.69) is 26.6 Å². The van der Waals surface area contributed by atoms with E-state index in [1.807, 2.05) is 0 Å². The Hall–Kier alpha value is -0.940. The molecule has 1 aliphatic carbocycles. The molecule has 0 bridgehead atoms. The zero-order valence-electron chi connectivity index (χ0n) is 10.2. The van der Waals surface area contributed by atoms with Crippen LogP contribution in [0, 0.1) is 5.82 Å². The Balaban J connectivity index is 1.85. The highest BCUT2D eigenvalue weighted by Crippen LogP contribution is 2.19. The van der Waals surface area contributed by atoms with E-state index in [0.29, 0.717) is 18.2 Å². The average molecular weight is 315 g/mol. The Labute approximate surface area is 114 Å². The zero-order chi connectivity index (χ0) is 13.1. The molecule has 0 saturated heterocycles. The van der Waals surface area contributed by atoms with Gasteiger partial charge in [-0.05, 0) is 38.0 Å². The van der Waals surface area contributed by atoms with Gasteiger partial charge in [-0.15, -0.1) is 0 Å². The Kier molecular flexibility index (Phi) is 4.35. The van der Waals surface area contributed by atoms with Crippen LogP contribution in [0.2, 0.25) is 0 Å². The van der Waals surface area contributed by atoms with Crippen LogP contribution in [0.1, 0.15) is 25.3 Å². The molecule has 1 atom stereocenters. The van der Waals surface area contributed by atoms with Gasteiger partial charge >= 0.3 is 0 Å². The van der Waals surface area contributed by atoms with E-state index in [1.54, 1.807) is 19.1 Å². The van der Waals surface area contributed by atoms with Gasteiger partial charge < -0.3 is 10.6 Å². The fraction of sp³-hybridized carbons (Fsp3) is 0.462. The van der Waals surface area contributed by atoms with E-state index >= 15 is 0 Å². The topological polar surface area (TPSA) is 41.1 Å². The lowest BCUT2D eigenvalue weighted by atomic mass is 10.2. The van der Waals surface area contributed by atoms with Crippen LogP contribution >= 0.6 is 15.9 Å². The summed E-state index contributed by atoms with van der Waals surface area (Å²) in [6.07, 6.45) is 2.14. The molecule has 1 unspecified atom stereocenters. The summed E-state index contributed by atoms with van der Waals surface area (Å²) in [6.45, 7) is 2.12. The SMILES string of the molecule is CC(NCc1cc(Br)ccc1F)C(=O)NC1CC1. The Morgan fingerprint density at radius 3 is 2.94 bits per heavy atom. The van der Waals surface area contributed by atoms with Gasteiger partial charge in [0.2, 0.25) is 5.91 Å². The van der Waals surface area contributed by atoms with Crippen molar-refractivity contribution in [2.45, 2.75) is 38.4 Å². The van der Waals surface area contributed by atoms with Gasteiger partial charge in [0.05, 0.1) is 6.04 Å².